The number of hydrogen-bond donors (Lipinski definition) is 0. The molecular formula is C15H12BrClFN3. The van der Waals surface area contributed by atoms with E-state index in [4.69, 9.17) is 11.6 Å². The molecule has 0 spiro atoms. The minimum Gasteiger partial charge on any atom is -0.318 e. The molecule has 0 fully saturated rings. The minimum atomic E-state index is -0.321. The van der Waals surface area contributed by atoms with Gasteiger partial charge in [0.25, 0.3) is 0 Å². The molecule has 2 aromatic heterocycles. The molecule has 0 amide bonds. The van der Waals surface area contributed by atoms with Crippen molar-refractivity contribution < 1.29 is 4.39 Å². The number of imidazole rings is 1. The van der Waals surface area contributed by atoms with E-state index in [2.05, 4.69) is 25.9 Å². The van der Waals surface area contributed by atoms with Crippen molar-refractivity contribution in [2.75, 3.05) is 0 Å². The summed E-state index contributed by atoms with van der Waals surface area (Å²) in [5, 5.41) is 0. The topological polar surface area (TPSA) is 30.7 Å². The largest absolute Gasteiger partial charge is 0.318 e. The first-order valence-corrected chi connectivity index (χ1v) is 7.77. The molecule has 108 valence electrons. The minimum absolute atomic E-state index is 0.0782. The lowest BCUT2D eigenvalue weighted by atomic mass is 10.2. The van der Waals surface area contributed by atoms with Gasteiger partial charge in [-0.1, -0.05) is 6.07 Å². The number of fused-ring (bicyclic) bond motifs is 1. The Hall–Kier alpha value is -1.46. The van der Waals surface area contributed by atoms with Gasteiger partial charge in [0.1, 0.15) is 11.6 Å². The molecule has 0 aliphatic heterocycles. The number of pyridine rings is 1. The number of aromatic nitrogens is 3. The van der Waals surface area contributed by atoms with Gasteiger partial charge in [-0.2, -0.15) is 0 Å². The maximum absolute atomic E-state index is 13.9. The fourth-order valence-corrected chi connectivity index (χ4v) is 2.94. The number of nitrogens with zero attached hydrogens (tertiary/aromatic N) is 3. The van der Waals surface area contributed by atoms with Crippen LogP contribution in [-0.2, 0) is 5.88 Å². The SMILES string of the molecule is CC(c1ccccn1)n1c(CCl)nc2cc(Br)c(F)cc21. The fourth-order valence-electron chi connectivity index (χ4n) is 2.42. The highest BCUT2D eigenvalue weighted by molar-refractivity contribution is 9.10. The summed E-state index contributed by atoms with van der Waals surface area (Å²) in [5.74, 6) is 0.630. The molecular weight excluding hydrogens is 357 g/mol. The zero-order chi connectivity index (χ0) is 15.0. The monoisotopic (exact) mass is 367 g/mol. The molecule has 3 rings (SSSR count). The molecule has 0 aliphatic carbocycles. The first-order chi connectivity index (χ1) is 10.1. The van der Waals surface area contributed by atoms with Crippen LogP contribution >= 0.6 is 27.5 Å². The summed E-state index contributed by atoms with van der Waals surface area (Å²) >= 11 is 9.19. The van der Waals surface area contributed by atoms with Gasteiger partial charge in [-0.3, -0.25) is 4.98 Å². The lowest BCUT2D eigenvalue weighted by Gasteiger charge is -2.16. The second kappa shape index (κ2) is 5.73. The maximum atomic E-state index is 13.9. The molecule has 0 N–H and O–H groups in total. The predicted octanol–water partition coefficient (Wildman–Crippen LogP) is 4.68. The van der Waals surface area contributed by atoms with Gasteiger partial charge in [-0.25, -0.2) is 9.37 Å². The number of benzene rings is 1. The summed E-state index contributed by atoms with van der Waals surface area (Å²) in [6, 6.07) is 8.79. The van der Waals surface area contributed by atoms with Crippen molar-refractivity contribution >= 4 is 38.6 Å². The second-order valence-corrected chi connectivity index (χ2v) is 5.84. The van der Waals surface area contributed by atoms with Crippen molar-refractivity contribution in [2.24, 2.45) is 0 Å². The second-order valence-electron chi connectivity index (χ2n) is 4.72. The highest BCUT2D eigenvalue weighted by atomic mass is 79.9. The number of rotatable bonds is 3. The van der Waals surface area contributed by atoms with Gasteiger partial charge in [-0.15, -0.1) is 11.6 Å². The maximum Gasteiger partial charge on any atom is 0.139 e. The van der Waals surface area contributed by atoms with Gasteiger partial charge >= 0.3 is 0 Å². The Morgan fingerprint density at radius 2 is 2.19 bits per heavy atom. The third kappa shape index (κ3) is 2.56. The average Bonchev–Trinajstić information content (AvgIpc) is 2.85. The molecule has 1 atom stereocenters. The van der Waals surface area contributed by atoms with Crippen molar-refractivity contribution in [3.05, 3.63) is 58.3 Å². The molecule has 21 heavy (non-hydrogen) atoms. The molecule has 0 bridgehead atoms. The lowest BCUT2D eigenvalue weighted by molar-refractivity contribution is 0.606. The quantitative estimate of drug-likeness (QED) is 0.628. The average molecular weight is 369 g/mol. The molecule has 0 saturated carbocycles. The van der Waals surface area contributed by atoms with Crippen molar-refractivity contribution in [2.45, 2.75) is 18.8 Å². The molecule has 1 unspecified atom stereocenters. The van der Waals surface area contributed by atoms with Gasteiger partial charge in [0.2, 0.25) is 0 Å². The van der Waals surface area contributed by atoms with Gasteiger partial charge in [0, 0.05) is 12.3 Å². The van der Waals surface area contributed by atoms with Crippen LogP contribution < -0.4 is 0 Å². The first-order valence-electron chi connectivity index (χ1n) is 6.44. The number of hydrogen-bond acceptors (Lipinski definition) is 2. The molecule has 0 radical (unpaired) electrons. The molecule has 3 nitrogen and oxygen atoms in total. The molecule has 2 heterocycles. The van der Waals surface area contributed by atoms with Crippen LogP contribution in [0.1, 0.15) is 24.5 Å². The van der Waals surface area contributed by atoms with Gasteiger partial charge in [0.05, 0.1) is 33.1 Å². The van der Waals surface area contributed by atoms with E-state index in [1.54, 1.807) is 12.3 Å². The molecule has 0 aliphatic rings. The summed E-state index contributed by atoms with van der Waals surface area (Å²) in [7, 11) is 0. The standard InChI is InChI=1S/C15H12BrClFN3/c1-9(12-4-2-3-5-19-12)21-14-7-11(18)10(16)6-13(14)20-15(21)8-17/h2-7,9H,8H2,1H3. The molecule has 0 saturated heterocycles. The third-order valence-electron chi connectivity index (χ3n) is 3.43. The summed E-state index contributed by atoms with van der Waals surface area (Å²) in [6.45, 7) is 2.00. The van der Waals surface area contributed by atoms with Crippen LogP contribution in [0.15, 0.2) is 41.0 Å². The smallest absolute Gasteiger partial charge is 0.139 e. The van der Waals surface area contributed by atoms with Crippen molar-refractivity contribution in [1.82, 2.24) is 14.5 Å². The van der Waals surface area contributed by atoms with Crippen molar-refractivity contribution in [3.8, 4) is 0 Å². The summed E-state index contributed by atoms with van der Waals surface area (Å²) in [6.07, 6.45) is 1.74. The Balaban J connectivity index is 2.23. The van der Waals surface area contributed by atoms with Crippen LogP contribution in [0, 0.1) is 5.82 Å². The van der Waals surface area contributed by atoms with E-state index in [0.717, 1.165) is 5.69 Å². The predicted molar refractivity (Wildman–Crippen MR) is 85.0 cm³/mol. The van der Waals surface area contributed by atoms with Crippen LogP contribution in [0.25, 0.3) is 11.0 Å². The summed E-state index contributed by atoms with van der Waals surface area (Å²) < 4.78 is 16.2. The Labute approximate surface area is 134 Å². The van der Waals surface area contributed by atoms with Crippen LogP contribution in [0.3, 0.4) is 0 Å². The van der Waals surface area contributed by atoms with Gasteiger partial charge in [-0.05, 0) is 41.1 Å². The lowest BCUT2D eigenvalue weighted by Crippen LogP contribution is -2.11. The third-order valence-corrected chi connectivity index (χ3v) is 4.27. The Kier molecular flexibility index (Phi) is 3.95. The zero-order valence-electron chi connectivity index (χ0n) is 11.2. The highest BCUT2D eigenvalue weighted by Crippen LogP contribution is 2.29. The van der Waals surface area contributed by atoms with E-state index in [1.807, 2.05) is 29.7 Å². The fraction of sp³-hybridized carbons (Fsp3) is 0.200. The highest BCUT2D eigenvalue weighted by Gasteiger charge is 2.19. The molecule has 6 heteroatoms. The van der Waals surface area contributed by atoms with E-state index in [1.165, 1.54) is 6.07 Å². The summed E-state index contributed by atoms with van der Waals surface area (Å²) in [5.41, 5.74) is 2.30. The van der Waals surface area contributed by atoms with Crippen LogP contribution in [0.2, 0.25) is 0 Å². The number of halogens is 3. The Morgan fingerprint density at radius 3 is 2.86 bits per heavy atom. The molecule has 3 aromatic rings. The van der Waals surface area contributed by atoms with E-state index in [0.29, 0.717) is 21.3 Å². The Bertz CT molecular complexity index is 788. The number of alkyl halides is 1. The van der Waals surface area contributed by atoms with Crippen LogP contribution in [-0.4, -0.2) is 14.5 Å². The normalized spacial score (nSPS) is 12.8. The first kappa shape index (κ1) is 14.5. The van der Waals surface area contributed by atoms with E-state index < -0.39 is 0 Å². The Morgan fingerprint density at radius 1 is 1.38 bits per heavy atom. The van der Waals surface area contributed by atoms with Crippen LogP contribution in [0.4, 0.5) is 4.39 Å². The van der Waals surface area contributed by atoms with Gasteiger partial charge < -0.3 is 4.57 Å². The van der Waals surface area contributed by atoms with E-state index in [9.17, 15) is 4.39 Å². The van der Waals surface area contributed by atoms with Crippen molar-refractivity contribution in [1.29, 1.82) is 0 Å². The van der Waals surface area contributed by atoms with Crippen LogP contribution in [0.5, 0.6) is 0 Å². The van der Waals surface area contributed by atoms with Crippen molar-refractivity contribution in [3.63, 3.8) is 0 Å². The van der Waals surface area contributed by atoms with E-state index in [-0.39, 0.29) is 17.7 Å². The van der Waals surface area contributed by atoms with E-state index >= 15 is 0 Å². The zero-order valence-corrected chi connectivity index (χ0v) is 13.6. The molecule has 1 aromatic carbocycles. The van der Waals surface area contributed by atoms with Gasteiger partial charge in [0.15, 0.2) is 0 Å². The summed E-state index contributed by atoms with van der Waals surface area (Å²) in [4.78, 5) is 8.85.